The fourth-order valence-corrected chi connectivity index (χ4v) is 6.51. The Balaban J connectivity index is 1.83. The summed E-state index contributed by atoms with van der Waals surface area (Å²) in [6, 6.07) is 32.5. The highest BCUT2D eigenvalue weighted by molar-refractivity contribution is 7.97. The highest BCUT2D eigenvalue weighted by Crippen LogP contribution is 2.36. The molecule has 0 amide bonds. The zero-order valence-electron chi connectivity index (χ0n) is 15.9. The standard InChI is InChI=1S/C24H19FNO2S2/c25-21-15-7-10-18-24(21)30(27,28)26-22-16-8-9-17-23(22)29(19-11-3-1-4-12-19)20-13-5-2-6-14-20/h1-18,26H/q+1. The van der Waals surface area contributed by atoms with Gasteiger partial charge >= 0.3 is 0 Å². The van der Waals surface area contributed by atoms with Crippen LogP contribution in [-0.4, -0.2) is 8.42 Å². The Morgan fingerprint density at radius 1 is 0.633 bits per heavy atom. The van der Waals surface area contributed by atoms with Crippen molar-refractivity contribution in [2.75, 3.05) is 4.72 Å². The molecular formula is C24H19FNO2S2+. The van der Waals surface area contributed by atoms with E-state index in [0.29, 0.717) is 5.69 Å². The van der Waals surface area contributed by atoms with Crippen molar-refractivity contribution < 1.29 is 12.8 Å². The fraction of sp³-hybridized carbons (Fsp3) is 0. The molecule has 0 spiro atoms. The summed E-state index contributed by atoms with van der Waals surface area (Å²) in [5, 5.41) is 0. The maximum atomic E-state index is 14.2. The van der Waals surface area contributed by atoms with Crippen LogP contribution in [0.1, 0.15) is 0 Å². The summed E-state index contributed by atoms with van der Waals surface area (Å²) >= 11 is 0. The molecule has 6 heteroatoms. The number of benzene rings is 4. The molecule has 30 heavy (non-hydrogen) atoms. The van der Waals surface area contributed by atoms with Crippen molar-refractivity contribution >= 4 is 26.6 Å². The van der Waals surface area contributed by atoms with Crippen LogP contribution in [0.5, 0.6) is 0 Å². The van der Waals surface area contributed by atoms with Crippen LogP contribution < -0.4 is 4.72 Å². The van der Waals surface area contributed by atoms with Crippen molar-refractivity contribution in [2.24, 2.45) is 0 Å². The lowest BCUT2D eigenvalue weighted by atomic mass is 10.3. The molecule has 0 atom stereocenters. The number of halogens is 1. The summed E-state index contributed by atoms with van der Waals surface area (Å²) in [6.45, 7) is 0. The quantitative estimate of drug-likeness (QED) is 0.393. The summed E-state index contributed by atoms with van der Waals surface area (Å²) in [5.74, 6) is -0.785. The Morgan fingerprint density at radius 2 is 1.13 bits per heavy atom. The Bertz CT molecular complexity index is 1210. The molecule has 0 saturated carbocycles. The van der Waals surface area contributed by atoms with Crippen LogP contribution in [0.3, 0.4) is 0 Å². The van der Waals surface area contributed by atoms with Gasteiger partial charge in [0.1, 0.15) is 27.3 Å². The maximum absolute atomic E-state index is 14.2. The zero-order valence-corrected chi connectivity index (χ0v) is 17.5. The average molecular weight is 437 g/mol. The molecule has 0 heterocycles. The van der Waals surface area contributed by atoms with Crippen LogP contribution in [-0.2, 0) is 20.9 Å². The first kappa shape index (κ1) is 20.2. The molecule has 1 N–H and O–H groups in total. The number of rotatable bonds is 6. The summed E-state index contributed by atoms with van der Waals surface area (Å²) in [5.41, 5.74) is 0.428. The minimum absolute atomic E-state index is 0.376. The Kier molecular flexibility index (Phi) is 5.88. The fourth-order valence-electron chi connectivity index (χ4n) is 3.09. The number of sulfonamides is 1. The molecule has 0 saturated heterocycles. The van der Waals surface area contributed by atoms with Gasteiger partial charge in [-0.3, -0.25) is 4.72 Å². The topological polar surface area (TPSA) is 46.2 Å². The normalized spacial score (nSPS) is 11.4. The summed E-state index contributed by atoms with van der Waals surface area (Å²) in [6.07, 6.45) is 0. The molecule has 3 nitrogen and oxygen atoms in total. The van der Waals surface area contributed by atoms with Crippen LogP contribution in [0.15, 0.2) is 129 Å². The van der Waals surface area contributed by atoms with Gasteiger partial charge in [-0.2, -0.15) is 0 Å². The molecule has 0 unspecified atom stereocenters. The third kappa shape index (κ3) is 4.25. The van der Waals surface area contributed by atoms with Crippen LogP contribution in [0, 0.1) is 5.82 Å². The number of para-hydroxylation sites is 1. The number of nitrogens with one attached hydrogen (secondary N) is 1. The molecule has 4 rings (SSSR count). The number of anilines is 1. The molecule has 150 valence electrons. The first-order valence-corrected chi connectivity index (χ1v) is 12.0. The third-order valence-corrected chi connectivity index (χ3v) is 8.12. The second-order valence-corrected chi connectivity index (χ2v) is 10.1. The predicted molar refractivity (Wildman–Crippen MR) is 119 cm³/mol. The lowest BCUT2D eigenvalue weighted by molar-refractivity contribution is 0.570. The largest absolute Gasteiger partial charge is 0.274 e. The van der Waals surface area contributed by atoms with E-state index in [1.165, 1.54) is 18.2 Å². The van der Waals surface area contributed by atoms with Crippen molar-refractivity contribution in [3.05, 3.63) is 115 Å². The summed E-state index contributed by atoms with van der Waals surface area (Å²) in [7, 11) is -4.63. The SMILES string of the molecule is O=S(=O)(Nc1ccccc1[S+](c1ccccc1)c1ccccc1)c1ccccc1F. The second-order valence-electron chi connectivity index (χ2n) is 6.46. The molecule has 0 aliphatic heterocycles. The van der Waals surface area contributed by atoms with E-state index in [4.69, 9.17) is 0 Å². The highest BCUT2D eigenvalue weighted by atomic mass is 32.2. The van der Waals surface area contributed by atoms with E-state index >= 15 is 0 Å². The van der Waals surface area contributed by atoms with Gasteiger partial charge in [-0.05, 0) is 48.5 Å². The Labute approximate surface area is 178 Å². The lowest BCUT2D eigenvalue weighted by Crippen LogP contribution is -2.17. The molecule has 4 aromatic rings. The number of hydrogen-bond acceptors (Lipinski definition) is 2. The monoisotopic (exact) mass is 436 g/mol. The van der Waals surface area contributed by atoms with E-state index in [2.05, 4.69) is 4.72 Å². The Morgan fingerprint density at radius 3 is 1.73 bits per heavy atom. The van der Waals surface area contributed by atoms with Crippen molar-refractivity contribution in [3.63, 3.8) is 0 Å². The smallest absolute Gasteiger partial charge is 0.264 e. The van der Waals surface area contributed by atoms with Crippen LogP contribution in [0.4, 0.5) is 10.1 Å². The van der Waals surface area contributed by atoms with Gasteiger partial charge in [0.15, 0.2) is 14.7 Å². The lowest BCUT2D eigenvalue weighted by Gasteiger charge is -2.14. The van der Waals surface area contributed by atoms with Crippen molar-refractivity contribution in [2.45, 2.75) is 19.6 Å². The minimum Gasteiger partial charge on any atom is -0.274 e. The molecule has 0 aliphatic carbocycles. The molecule has 0 aromatic heterocycles. The van der Waals surface area contributed by atoms with Gasteiger partial charge in [0.05, 0.1) is 0 Å². The second kappa shape index (κ2) is 8.73. The van der Waals surface area contributed by atoms with E-state index in [1.54, 1.807) is 12.1 Å². The maximum Gasteiger partial charge on any atom is 0.264 e. The Hall–Kier alpha value is -3.09. The van der Waals surface area contributed by atoms with E-state index in [0.717, 1.165) is 20.8 Å². The molecule has 0 bridgehead atoms. The first-order valence-electron chi connectivity index (χ1n) is 9.27. The van der Waals surface area contributed by atoms with E-state index in [9.17, 15) is 12.8 Å². The van der Waals surface area contributed by atoms with Gasteiger partial charge in [-0.1, -0.05) is 60.7 Å². The average Bonchev–Trinajstić information content (AvgIpc) is 2.77. The molecule has 0 radical (unpaired) electrons. The van der Waals surface area contributed by atoms with Gasteiger partial charge in [0, 0.05) is 0 Å². The van der Waals surface area contributed by atoms with E-state index < -0.39 is 26.7 Å². The van der Waals surface area contributed by atoms with Crippen molar-refractivity contribution in [3.8, 4) is 0 Å². The first-order chi connectivity index (χ1) is 14.6. The molecular weight excluding hydrogens is 417 g/mol. The summed E-state index contributed by atoms with van der Waals surface area (Å²) in [4.78, 5) is 2.55. The third-order valence-electron chi connectivity index (χ3n) is 4.44. The molecule has 0 fully saturated rings. The zero-order chi connectivity index (χ0) is 21.0. The minimum atomic E-state index is -4.08. The van der Waals surface area contributed by atoms with E-state index in [1.807, 2.05) is 72.8 Å². The van der Waals surface area contributed by atoms with Crippen molar-refractivity contribution in [1.82, 2.24) is 0 Å². The van der Waals surface area contributed by atoms with Gasteiger partial charge < -0.3 is 0 Å². The van der Waals surface area contributed by atoms with Crippen LogP contribution in [0.2, 0.25) is 0 Å². The van der Waals surface area contributed by atoms with Gasteiger partial charge in [0.25, 0.3) is 10.0 Å². The molecule has 0 aliphatic rings. The van der Waals surface area contributed by atoms with Gasteiger partial charge in [-0.15, -0.1) is 0 Å². The van der Waals surface area contributed by atoms with Gasteiger partial charge in [0.2, 0.25) is 0 Å². The molecule has 4 aromatic carbocycles. The van der Waals surface area contributed by atoms with Crippen molar-refractivity contribution in [1.29, 1.82) is 0 Å². The van der Waals surface area contributed by atoms with Crippen LogP contribution >= 0.6 is 0 Å². The number of hydrogen-bond donors (Lipinski definition) is 1. The van der Waals surface area contributed by atoms with E-state index in [-0.39, 0.29) is 4.90 Å². The predicted octanol–water partition coefficient (Wildman–Crippen LogP) is 5.72. The highest BCUT2D eigenvalue weighted by Gasteiger charge is 2.32. The van der Waals surface area contributed by atoms with Crippen LogP contribution in [0.25, 0.3) is 0 Å². The van der Waals surface area contributed by atoms with Gasteiger partial charge in [-0.25, -0.2) is 12.8 Å². The summed E-state index contributed by atoms with van der Waals surface area (Å²) < 4.78 is 42.6.